The zero-order valence-electron chi connectivity index (χ0n) is 10.7. The summed E-state index contributed by atoms with van der Waals surface area (Å²) >= 11 is 0. The fraction of sp³-hybridized carbons (Fsp3) is 0.400. The summed E-state index contributed by atoms with van der Waals surface area (Å²) in [5.74, 6) is 0. The predicted octanol–water partition coefficient (Wildman–Crippen LogP) is 2.71. The fourth-order valence-electron chi connectivity index (χ4n) is 2.23. The molecule has 0 spiro atoms. The van der Waals surface area contributed by atoms with Gasteiger partial charge in [0, 0.05) is 24.2 Å². The molecule has 3 N–H and O–H groups in total. The van der Waals surface area contributed by atoms with Crippen LogP contribution in [-0.2, 0) is 6.54 Å². The summed E-state index contributed by atoms with van der Waals surface area (Å²) in [7, 11) is 0. The SMILES string of the molecule is CC1(CNCc2cc(N)c3ccccc3n2)CC1. The van der Waals surface area contributed by atoms with Gasteiger partial charge in [0.25, 0.3) is 0 Å². The lowest BCUT2D eigenvalue weighted by Crippen LogP contribution is -2.22. The van der Waals surface area contributed by atoms with Crippen LogP contribution in [0, 0.1) is 5.41 Å². The minimum Gasteiger partial charge on any atom is -0.398 e. The maximum Gasteiger partial charge on any atom is 0.0726 e. The first-order chi connectivity index (χ1) is 8.66. The largest absolute Gasteiger partial charge is 0.398 e. The highest BCUT2D eigenvalue weighted by molar-refractivity contribution is 5.90. The first-order valence-corrected chi connectivity index (χ1v) is 6.51. The van der Waals surface area contributed by atoms with E-state index in [0.717, 1.165) is 35.4 Å². The van der Waals surface area contributed by atoms with E-state index in [1.165, 1.54) is 12.8 Å². The number of nitrogens with one attached hydrogen (secondary N) is 1. The van der Waals surface area contributed by atoms with Crippen LogP contribution in [0.25, 0.3) is 10.9 Å². The smallest absolute Gasteiger partial charge is 0.0726 e. The summed E-state index contributed by atoms with van der Waals surface area (Å²) < 4.78 is 0. The van der Waals surface area contributed by atoms with Crippen molar-refractivity contribution in [2.45, 2.75) is 26.3 Å². The van der Waals surface area contributed by atoms with E-state index in [1.54, 1.807) is 0 Å². The number of aromatic nitrogens is 1. The monoisotopic (exact) mass is 241 g/mol. The zero-order chi connectivity index (χ0) is 12.6. The molecule has 1 aliphatic carbocycles. The molecule has 0 aliphatic heterocycles. The van der Waals surface area contributed by atoms with Crippen LogP contribution in [0.5, 0.6) is 0 Å². The van der Waals surface area contributed by atoms with Crippen LogP contribution in [0.1, 0.15) is 25.5 Å². The van der Waals surface area contributed by atoms with Gasteiger partial charge in [-0.15, -0.1) is 0 Å². The van der Waals surface area contributed by atoms with Crippen molar-refractivity contribution in [3.63, 3.8) is 0 Å². The molecule has 3 heteroatoms. The topological polar surface area (TPSA) is 50.9 Å². The molecular formula is C15H19N3. The van der Waals surface area contributed by atoms with E-state index in [2.05, 4.69) is 17.2 Å². The molecule has 0 bridgehead atoms. The van der Waals surface area contributed by atoms with Gasteiger partial charge in [-0.2, -0.15) is 0 Å². The molecule has 0 atom stereocenters. The average molecular weight is 241 g/mol. The predicted molar refractivity (Wildman–Crippen MR) is 75.2 cm³/mol. The Balaban J connectivity index is 1.75. The van der Waals surface area contributed by atoms with Crippen LogP contribution in [0.3, 0.4) is 0 Å². The molecule has 1 aliphatic rings. The molecule has 1 heterocycles. The molecule has 1 aromatic carbocycles. The average Bonchev–Trinajstić information content (AvgIpc) is 3.07. The summed E-state index contributed by atoms with van der Waals surface area (Å²) in [5, 5.41) is 4.52. The van der Waals surface area contributed by atoms with Gasteiger partial charge in [0.05, 0.1) is 11.2 Å². The van der Waals surface area contributed by atoms with Gasteiger partial charge in [0.1, 0.15) is 0 Å². The molecule has 3 rings (SSSR count). The number of benzene rings is 1. The number of nitrogen functional groups attached to an aromatic ring is 1. The molecule has 3 nitrogen and oxygen atoms in total. The Morgan fingerprint density at radius 1 is 1.33 bits per heavy atom. The Hall–Kier alpha value is -1.61. The van der Waals surface area contributed by atoms with E-state index >= 15 is 0 Å². The van der Waals surface area contributed by atoms with Crippen molar-refractivity contribution in [2.24, 2.45) is 5.41 Å². The molecule has 1 fully saturated rings. The van der Waals surface area contributed by atoms with Crippen LogP contribution < -0.4 is 11.1 Å². The first-order valence-electron chi connectivity index (χ1n) is 6.51. The molecule has 0 radical (unpaired) electrons. The summed E-state index contributed by atoms with van der Waals surface area (Å²) in [6.07, 6.45) is 2.68. The number of nitrogens with zero attached hydrogens (tertiary/aromatic N) is 1. The van der Waals surface area contributed by atoms with Crippen molar-refractivity contribution in [2.75, 3.05) is 12.3 Å². The van der Waals surface area contributed by atoms with E-state index in [0.29, 0.717) is 5.41 Å². The van der Waals surface area contributed by atoms with E-state index in [4.69, 9.17) is 5.73 Å². The molecular weight excluding hydrogens is 222 g/mol. The minimum atomic E-state index is 0.530. The lowest BCUT2D eigenvalue weighted by molar-refractivity contribution is 0.497. The molecule has 2 aromatic rings. The second-order valence-corrected chi connectivity index (χ2v) is 5.63. The summed E-state index contributed by atoms with van der Waals surface area (Å²) in [4.78, 5) is 4.63. The highest BCUT2D eigenvalue weighted by Gasteiger charge is 2.36. The Bertz CT molecular complexity index is 573. The van der Waals surface area contributed by atoms with Gasteiger partial charge >= 0.3 is 0 Å². The van der Waals surface area contributed by atoms with Crippen molar-refractivity contribution in [1.82, 2.24) is 10.3 Å². The number of pyridine rings is 1. The molecule has 1 aromatic heterocycles. The summed E-state index contributed by atoms with van der Waals surface area (Å²) in [6, 6.07) is 9.99. The minimum absolute atomic E-state index is 0.530. The number of anilines is 1. The summed E-state index contributed by atoms with van der Waals surface area (Å²) in [5.41, 5.74) is 9.41. The number of hydrogen-bond donors (Lipinski definition) is 2. The highest BCUT2D eigenvalue weighted by atomic mass is 14.9. The van der Waals surface area contributed by atoms with E-state index in [1.807, 2.05) is 30.3 Å². The summed E-state index contributed by atoms with van der Waals surface area (Å²) in [6.45, 7) is 4.19. The fourth-order valence-corrected chi connectivity index (χ4v) is 2.23. The molecule has 18 heavy (non-hydrogen) atoms. The van der Waals surface area contributed by atoms with Gasteiger partial charge in [0.15, 0.2) is 0 Å². The van der Waals surface area contributed by atoms with Crippen LogP contribution >= 0.6 is 0 Å². The van der Waals surface area contributed by atoms with Crippen LogP contribution in [0.15, 0.2) is 30.3 Å². The lowest BCUT2D eigenvalue weighted by Gasteiger charge is -2.10. The molecule has 0 amide bonds. The van der Waals surface area contributed by atoms with Gasteiger partial charge in [0.2, 0.25) is 0 Å². The third-order valence-electron chi connectivity index (χ3n) is 3.76. The first kappa shape index (κ1) is 11.5. The molecule has 0 unspecified atom stereocenters. The third-order valence-corrected chi connectivity index (χ3v) is 3.76. The van der Waals surface area contributed by atoms with Gasteiger partial charge in [-0.05, 0) is 30.4 Å². The highest BCUT2D eigenvalue weighted by Crippen LogP contribution is 2.44. The second-order valence-electron chi connectivity index (χ2n) is 5.63. The Labute approximate surface area is 107 Å². The lowest BCUT2D eigenvalue weighted by atomic mass is 10.1. The number of fused-ring (bicyclic) bond motifs is 1. The van der Waals surface area contributed by atoms with Crippen LogP contribution in [-0.4, -0.2) is 11.5 Å². The molecule has 1 saturated carbocycles. The number of para-hydroxylation sites is 1. The van der Waals surface area contributed by atoms with Crippen molar-refractivity contribution < 1.29 is 0 Å². The van der Waals surface area contributed by atoms with Gasteiger partial charge in [-0.25, -0.2) is 0 Å². The maximum absolute atomic E-state index is 6.06. The van der Waals surface area contributed by atoms with E-state index < -0.39 is 0 Å². The number of nitrogens with two attached hydrogens (primary N) is 1. The van der Waals surface area contributed by atoms with Crippen molar-refractivity contribution in [3.05, 3.63) is 36.0 Å². The van der Waals surface area contributed by atoms with Crippen molar-refractivity contribution >= 4 is 16.6 Å². The Morgan fingerprint density at radius 3 is 2.89 bits per heavy atom. The van der Waals surface area contributed by atoms with Crippen LogP contribution in [0.4, 0.5) is 5.69 Å². The second kappa shape index (κ2) is 4.25. The Kier molecular flexibility index (Phi) is 2.71. The molecule has 94 valence electrons. The van der Waals surface area contributed by atoms with Gasteiger partial charge in [-0.1, -0.05) is 25.1 Å². The normalized spacial score (nSPS) is 16.9. The Morgan fingerprint density at radius 2 is 2.11 bits per heavy atom. The van der Waals surface area contributed by atoms with Gasteiger partial charge < -0.3 is 11.1 Å². The number of hydrogen-bond acceptors (Lipinski definition) is 3. The van der Waals surface area contributed by atoms with Gasteiger partial charge in [-0.3, -0.25) is 4.98 Å². The number of rotatable bonds is 4. The standard InChI is InChI=1S/C15H19N3/c1-15(6-7-15)10-17-9-11-8-13(16)12-4-2-3-5-14(12)18-11/h2-5,8,17H,6-7,9-10H2,1H3,(H2,16,18). The molecule has 0 saturated heterocycles. The van der Waals surface area contributed by atoms with Crippen molar-refractivity contribution in [1.29, 1.82) is 0 Å². The third kappa shape index (κ3) is 2.31. The van der Waals surface area contributed by atoms with Crippen molar-refractivity contribution in [3.8, 4) is 0 Å². The quantitative estimate of drug-likeness (QED) is 0.865. The van der Waals surface area contributed by atoms with E-state index in [9.17, 15) is 0 Å². The van der Waals surface area contributed by atoms with E-state index in [-0.39, 0.29) is 0 Å². The maximum atomic E-state index is 6.06. The van der Waals surface area contributed by atoms with Crippen LogP contribution in [0.2, 0.25) is 0 Å². The zero-order valence-corrected chi connectivity index (χ0v) is 10.7.